The number of ether oxygens (including phenoxy) is 2. The second-order valence-corrected chi connectivity index (χ2v) is 16.8. The Morgan fingerprint density at radius 3 is 2.60 bits per heavy atom. The number of nitrogens with zero attached hydrogens (tertiary/aromatic N) is 3. The summed E-state index contributed by atoms with van der Waals surface area (Å²) >= 11 is 8.67. The number of hydrogen-bond donors (Lipinski definition) is 0. The first-order valence-corrected chi connectivity index (χ1v) is 14.8. The summed E-state index contributed by atoms with van der Waals surface area (Å²) < 4.78 is 22.6. The number of fused-ring (bicyclic) bond motifs is 2. The summed E-state index contributed by atoms with van der Waals surface area (Å²) in [5, 5.41) is 1.56. The van der Waals surface area contributed by atoms with Crippen LogP contribution in [0, 0.1) is 9.49 Å². The fraction of sp³-hybridized carbons (Fsp3) is 0.714. The summed E-state index contributed by atoms with van der Waals surface area (Å²) in [6.07, 6.45) is 4.51. The predicted molar refractivity (Wildman–Crippen MR) is 129 cm³/mol. The SMILES string of the molecule is CC1(C)O[C@@H]2[C@@H](CO[Si](C)(C)C(C)(C)C)C[C@@H](n3cc(I)c4c(Cl)ncnc43)[C@@H]2O1. The molecule has 6 nitrogen and oxygen atoms in total. The third-order valence-electron chi connectivity index (χ3n) is 6.89. The van der Waals surface area contributed by atoms with E-state index in [4.69, 9.17) is 25.5 Å². The van der Waals surface area contributed by atoms with E-state index in [0.717, 1.165) is 21.0 Å². The van der Waals surface area contributed by atoms with Crippen LogP contribution in [0.3, 0.4) is 0 Å². The van der Waals surface area contributed by atoms with Crippen molar-refractivity contribution in [1.82, 2.24) is 14.5 Å². The smallest absolute Gasteiger partial charge is 0.191 e. The third kappa shape index (κ3) is 3.96. The zero-order valence-electron chi connectivity index (χ0n) is 18.7. The summed E-state index contributed by atoms with van der Waals surface area (Å²) in [6.45, 7) is 16.1. The van der Waals surface area contributed by atoms with Gasteiger partial charge in [0.05, 0.1) is 17.5 Å². The summed E-state index contributed by atoms with van der Waals surface area (Å²) in [6, 6.07) is 0.113. The van der Waals surface area contributed by atoms with Gasteiger partial charge in [-0.25, -0.2) is 9.97 Å². The van der Waals surface area contributed by atoms with Crippen molar-refractivity contribution in [3.63, 3.8) is 0 Å². The summed E-state index contributed by atoms with van der Waals surface area (Å²) in [4.78, 5) is 8.70. The molecule has 0 spiro atoms. The molecule has 0 aromatic carbocycles. The van der Waals surface area contributed by atoms with Gasteiger partial charge in [-0.15, -0.1) is 0 Å². The van der Waals surface area contributed by atoms with E-state index >= 15 is 0 Å². The first kappa shape index (κ1) is 22.9. The Hall–Kier alpha value is -0.263. The first-order chi connectivity index (χ1) is 13.8. The summed E-state index contributed by atoms with van der Waals surface area (Å²) in [7, 11) is -1.84. The van der Waals surface area contributed by atoms with Crippen LogP contribution in [0.4, 0.5) is 0 Å². The molecule has 2 aromatic heterocycles. The Balaban J connectivity index is 1.65. The monoisotopic (exact) mass is 563 g/mol. The van der Waals surface area contributed by atoms with Gasteiger partial charge in [-0.3, -0.25) is 0 Å². The average molecular weight is 564 g/mol. The van der Waals surface area contributed by atoms with E-state index in [1.54, 1.807) is 0 Å². The summed E-state index contributed by atoms with van der Waals surface area (Å²) in [5.74, 6) is -0.338. The molecule has 1 aliphatic carbocycles. The van der Waals surface area contributed by atoms with Gasteiger partial charge in [-0.1, -0.05) is 32.4 Å². The van der Waals surface area contributed by atoms with Crippen molar-refractivity contribution in [2.75, 3.05) is 6.61 Å². The normalized spacial score (nSPS) is 29.0. The number of rotatable bonds is 4. The molecular formula is C21H31ClIN3O3Si. The minimum Gasteiger partial charge on any atom is -0.416 e. The van der Waals surface area contributed by atoms with Gasteiger partial charge in [-0.05, 0) is 61.0 Å². The molecule has 1 saturated carbocycles. The van der Waals surface area contributed by atoms with Crippen molar-refractivity contribution >= 4 is 53.5 Å². The highest BCUT2D eigenvalue weighted by molar-refractivity contribution is 14.1. The number of hydrogen-bond acceptors (Lipinski definition) is 5. The van der Waals surface area contributed by atoms with Crippen LogP contribution >= 0.6 is 34.2 Å². The van der Waals surface area contributed by atoms with Gasteiger partial charge in [0.25, 0.3) is 0 Å². The van der Waals surface area contributed by atoms with E-state index in [2.05, 4.69) is 77.2 Å². The van der Waals surface area contributed by atoms with Crippen molar-refractivity contribution in [2.24, 2.45) is 5.92 Å². The molecule has 1 saturated heterocycles. The molecule has 0 bridgehead atoms. The zero-order valence-corrected chi connectivity index (χ0v) is 22.6. The molecule has 0 amide bonds. The minimum absolute atomic E-state index is 0.00203. The van der Waals surface area contributed by atoms with Crippen LogP contribution in [0.5, 0.6) is 0 Å². The fourth-order valence-electron chi connectivity index (χ4n) is 4.28. The van der Waals surface area contributed by atoms with Crippen LogP contribution in [0.2, 0.25) is 23.3 Å². The molecule has 0 unspecified atom stereocenters. The second-order valence-electron chi connectivity index (χ2n) is 10.4. The van der Waals surface area contributed by atoms with Crippen LogP contribution in [0.15, 0.2) is 12.5 Å². The first-order valence-electron chi connectivity index (χ1n) is 10.5. The van der Waals surface area contributed by atoms with Crippen molar-refractivity contribution in [1.29, 1.82) is 0 Å². The van der Waals surface area contributed by atoms with Crippen molar-refractivity contribution in [2.45, 2.75) is 83.2 Å². The fourth-order valence-corrected chi connectivity index (χ4v) is 6.53. The van der Waals surface area contributed by atoms with Gasteiger partial charge in [0.2, 0.25) is 0 Å². The van der Waals surface area contributed by atoms with E-state index in [9.17, 15) is 0 Å². The van der Waals surface area contributed by atoms with Crippen LogP contribution < -0.4 is 0 Å². The van der Waals surface area contributed by atoms with Gasteiger partial charge < -0.3 is 18.5 Å². The van der Waals surface area contributed by atoms with Gasteiger partial charge in [-0.2, -0.15) is 0 Å². The highest BCUT2D eigenvalue weighted by atomic mass is 127. The van der Waals surface area contributed by atoms with Crippen LogP contribution in [-0.4, -0.2) is 47.5 Å². The zero-order chi connectivity index (χ0) is 22.1. The Bertz CT molecular complexity index is 959. The average Bonchev–Trinajstić information content (AvgIpc) is 3.21. The maximum absolute atomic E-state index is 6.60. The van der Waals surface area contributed by atoms with E-state index < -0.39 is 14.1 Å². The molecular weight excluding hydrogens is 533 g/mol. The van der Waals surface area contributed by atoms with Gasteiger partial charge >= 0.3 is 0 Å². The van der Waals surface area contributed by atoms with E-state index in [1.165, 1.54) is 6.33 Å². The molecule has 2 fully saturated rings. The molecule has 166 valence electrons. The minimum atomic E-state index is -1.84. The van der Waals surface area contributed by atoms with Gasteiger partial charge in [0.1, 0.15) is 23.2 Å². The maximum Gasteiger partial charge on any atom is 0.191 e. The lowest BCUT2D eigenvalue weighted by atomic mass is 10.1. The van der Waals surface area contributed by atoms with Crippen molar-refractivity contribution in [3.05, 3.63) is 21.2 Å². The van der Waals surface area contributed by atoms with Gasteiger partial charge in [0, 0.05) is 22.3 Å². The molecule has 0 radical (unpaired) electrons. The van der Waals surface area contributed by atoms with E-state index in [1.807, 2.05) is 13.8 Å². The Labute approximate surface area is 198 Å². The standard InChI is InChI=1S/C21H31ClIN3O3Si/c1-20(2,3)30(6,7)27-10-12-8-14(17-16(12)28-21(4,5)29-17)26-9-13(23)15-18(22)24-11-25-19(15)26/h9,11-12,14,16-17H,8,10H2,1-7H3/t12-,14-,16-,17+/m1/s1. The molecule has 3 heterocycles. The highest BCUT2D eigenvalue weighted by Gasteiger charge is 2.55. The third-order valence-corrected chi connectivity index (χ3v) is 12.5. The van der Waals surface area contributed by atoms with Crippen molar-refractivity contribution < 1.29 is 13.9 Å². The molecule has 0 N–H and O–H groups in total. The Morgan fingerprint density at radius 2 is 1.93 bits per heavy atom. The van der Waals surface area contributed by atoms with Crippen LogP contribution in [0.1, 0.15) is 47.1 Å². The lowest BCUT2D eigenvalue weighted by molar-refractivity contribution is -0.161. The quantitative estimate of drug-likeness (QED) is 0.268. The second kappa shape index (κ2) is 7.66. The van der Waals surface area contributed by atoms with E-state index in [-0.39, 0.29) is 29.2 Å². The highest BCUT2D eigenvalue weighted by Crippen LogP contribution is 2.49. The van der Waals surface area contributed by atoms with Gasteiger partial charge in [0.15, 0.2) is 14.1 Å². The van der Waals surface area contributed by atoms with E-state index in [0.29, 0.717) is 11.8 Å². The summed E-state index contributed by atoms with van der Waals surface area (Å²) in [5.41, 5.74) is 0.849. The molecule has 9 heteroatoms. The maximum atomic E-state index is 6.60. The Morgan fingerprint density at radius 1 is 1.27 bits per heavy atom. The molecule has 4 atom stereocenters. The molecule has 2 aliphatic rings. The Kier molecular flexibility index (Phi) is 5.85. The van der Waals surface area contributed by atoms with Crippen molar-refractivity contribution in [3.8, 4) is 0 Å². The molecule has 2 aromatic rings. The van der Waals surface area contributed by atoms with Crippen LogP contribution in [-0.2, 0) is 13.9 Å². The van der Waals surface area contributed by atoms with Crippen LogP contribution in [0.25, 0.3) is 11.0 Å². The largest absolute Gasteiger partial charge is 0.416 e. The molecule has 30 heavy (non-hydrogen) atoms. The lowest BCUT2D eigenvalue weighted by Gasteiger charge is -2.37. The molecule has 4 rings (SSSR count). The number of aromatic nitrogens is 3. The molecule has 1 aliphatic heterocycles. The number of halogens is 2. The lowest BCUT2D eigenvalue weighted by Crippen LogP contribution is -2.43. The predicted octanol–water partition coefficient (Wildman–Crippen LogP) is 5.79. The topological polar surface area (TPSA) is 58.4 Å².